The van der Waals surface area contributed by atoms with Gasteiger partial charge in [-0.25, -0.2) is 0 Å². The van der Waals surface area contributed by atoms with Gasteiger partial charge in [-0.2, -0.15) is 18.3 Å². The van der Waals surface area contributed by atoms with Crippen LogP contribution in [-0.2, 0) is 7.05 Å². The SMILES string of the molecule is CN(C(=O)c1ccnn1C)C(c1ccc(Cl)cc1)C(F)(F)F. The van der Waals surface area contributed by atoms with Crippen LogP contribution in [0.25, 0.3) is 0 Å². The average Bonchev–Trinajstić information content (AvgIpc) is 2.85. The van der Waals surface area contributed by atoms with Crippen LogP contribution in [0.2, 0.25) is 5.02 Å². The van der Waals surface area contributed by atoms with Crippen LogP contribution in [-0.4, -0.2) is 33.8 Å². The number of hydrogen-bond acceptors (Lipinski definition) is 2. The number of aryl methyl sites for hydroxylation is 1. The number of amides is 1. The van der Waals surface area contributed by atoms with Gasteiger partial charge in [0.1, 0.15) is 5.69 Å². The fourth-order valence-electron chi connectivity index (χ4n) is 2.16. The van der Waals surface area contributed by atoms with Crippen molar-refractivity contribution in [2.75, 3.05) is 7.05 Å². The molecule has 0 bridgehead atoms. The maximum absolute atomic E-state index is 13.4. The maximum Gasteiger partial charge on any atom is 0.413 e. The lowest BCUT2D eigenvalue weighted by molar-refractivity contribution is -0.176. The molecule has 22 heavy (non-hydrogen) atoms. The van der Waals surface area contributed by atoms with Crippen LogP contribution in [0, 0.1) is 0 Å². The zero-order valence-corrected chi connectivity index (χ0v) is 12.6. The number of benzene rings is 1. The summed E-state index contributed by atoms with van der Waals surface area (Å²) in [5, 5.41) is 4.12. The molecule has 8 heteroatoms. The Morgan fingerprint density at radius 1 is 1.27 bits per heavy atom. The van der Waals surface area contributed by atoms with Crippen molar-refractivity contribution in [3.8, 4) is 0 Å². The van der Waals surface area contributed by atoms with E-state index in [1.807, 2.05) is 0 Å². The highest BCUT2D eigenvalue weighted by Gasteiger charge is 2.45. The van der Waals surface area contributed by atoms with Gasteiger partial charge in [-0.05, 0) is 23.8 Å². The normalized spacial score (nSPS) is 13.0. The Hall–Kier alpha value is -2.02. The third-order valence-corrected chi connectivity index (χ3v) is 3.50. The predicted octanol–water partition coefficient (Wildman–Crippen LogP) is 3.45. The van der Waals surface area contributed by atoms with Crippen molar-refractivity contribution in [3.05, 3.63) is 52.8 Å². The number of alkyl halides is 3. The lowest BCUT2D eigenvalue weighted by Crippen LogP contribution is -2.40. The zero-order valence-electron chi connectivity index (χ0n) is 11.8. The van der Waals surface area contributed by atoms with Crippen LogP contribution < -0.4 is 0 Å². The van der Waals surface area contributed by atoms with E-state index in [9.17, 15) is 18.0 Å². The van der Waals surface area contributed by atoms with E-state index in [2.05, 4.69) is 5.10 Å². The first-order valence-corrected chi connectivity index (χ1v) is 6.67. The number of rotatable bonds is 3. The minimum Gasteiger partial charge on any atom is -0.324 e. The quantitative estimate of drug-likeness (QED) is 0.864. The minimum absolute atomic E-state index is 0.0603. The smallest absolute Gasteiger partial charge is 0.324 e. The van der Waals surface area contributed by atoms with E-state index in [1.165, 1.54) is 48.3 Å². The standard InChI is InChI=1S/C14H13ClF3N3O/c1-20(13(22)11-7-8-19-21(11)2)12(14(16,17)18)9-3-5-10(15)6-4-9/h3-8,12H,1-2H3. The number of halogens is 4. The van der Waals surface area contributed by atoms with Crippen LogP contribution in [0.4, 0.5) is 13.2 Å². The Labute approximate surface area is 130 Å². The molecule has 2 rings (SSSR count). The summed E-state index contributed by atoms with van der Waals surface area (Å²) in [5.74, 6) is -0.766. The lowest BCUT2D eigenvalue weighted by atomic mass is 10.0. The fourth-order valence-corrected chi connectivity index (χ4v) is 2.28. The summed E-state index contributed by atoms with van der Waals surface area (Å²) in [6.07, 6.45) is -3.26. The molecule has 4 nitrogen and oxygen atoms in total. The Balaban J connectivity index is 2.40. The van der Waals surface area contributed by atoms with E-state index in [0.29, 0.717) is 9.92 Å². The van der Waals surface area contributed by atoms with Crippen molar-refractivity contribution < 1.29 is 18.0 Å². The number of nitrogens with zero attached hydrogens (tertiary/aromatic N) is 3. The van der Waals surface area contributed by atoms with Crippen LogP contribution in [0.5, 0.6) is 0 Å². The van der Waals surface area contributed by atoms with Gasteiger partial charge < -0.3 is 4.90 Å². The Morgan fingerprint density at radius 2 is 1.86 bits per heavy atom. The molecule has 1 aromatic heterocycles. The van der Waals surface area contributed by atoms with E-state index in [0.717, 1.165) is 7.05 Å². The Bertz CT molecular complexity index is 667. The molecule has 0 spiro atoms. The zero-order chi connectivity index (χ0) is 16.5. The van der Waals surface area contributed by atoms with Gasteiger partial charge in [-0.15, -0.1) is 0 Å². The van der Waals surface area contributed by atoms with E-state index in [1.54, 1.807) is 0 Å². The molecule has 0 saturated heterocycles. The second-order valence-electron chi connectivity index (χ2n) is 4.75. The summed E-state index contributed by atoms with van der Waals surface area (Å²) in [6.45, 7) is 0. The molecule has 0 N–H and O–H groups in total. The maximum atomic E-state index is 13.4. The van der Waals surface area contributed by atoms with Gasteiger partial charge in [0.2, 0.25) is 0 Å². The van der Waals surface area contributed by atoms with Crippen LogP contribution in [0.15, 0.2) is 36.5 Å². The molecule has 0 aliphatic heterocycles. The summed E-state index contributed by atoms with van der Waals surface area (Å²) >= 11 is 5.70. The number of aromatic nitrogens is 2. The summed E-state index contributed by atoms with van der Waals surface area (Å²) in [5.41, 5.74) is 0.0145. The van der Waals surface area contributed by atoms with E-state index >= 15 is 0 Å². The summed E-state index contributed by atoms with van der Waals surface area (Å²) in [7, 11) is 2.61. The van der Waals surface area contributed by atoms with Gasteiger partial charge in [-0.3, -0.25) is 9.48 Å². The van der Waals surface area contributed by atoms with Gasteiger partial charge in [-0.1, -0.05) is 23.7 Å². The first-order chi connectivity index (χ1) is 10.2. The summed E-state index contributed by atoms with van der Waals surface area (Å²) < 4.78 is 41.5. The van der Waals surface area contributed by atoms with E-state index < -0.39 is 18.1 Å². The van der Waals surface area contributed by atoms with Crippen LogP contribution in [0.1, 0.15) is 22.1 Å². The van der Waals surface area contributed by atoms with Crippen molar-refractivity contribution >= 4 is 17.5 Å². The average molecular weight is 332 g/mol. The highest BCUT2D eigenvalue weighted by Crippen LogP contribution is 2.37. The highest BCUT2D eigenvalue weighted by atomic mass is 35.5. The third-order valence-electron chi connectivity index (χ3n) is 3.24. The minimum atomic E-state index is -4.61. The molecule has 1 amide bonds. The molecule has 0 radical (unpaired) electrons. The van der Waals surface area contributed by atoms with Gasteiger partial charge in [0.25, 0.3) is 5.91 Å². The van der Waals surface area contributed by atoms with Crippen LogP contribution >= 0.6 is 11.6 Å². The van der Waals surface area contributed by atoms with Gasteiger partial charge >= 0.3 is 6.18 Å². The van der Waals surface area contributed by atoms with Crippen molar-refractivity contribution in [3.63, 3.8) is 0 Å². The first-order valence-electron chi connectivity index (χ1n) is 6.29. The summed E-state index contributed by atoms with van der Waals surface area (Å²) in [6, 6.07) is 4.54. The van der Waals surface area contributed by atoms with E-state index in [-0.39, 0.29) is 11.3 Å². The van der Waals surface area contributed by atoms with Crippen molar-refractivity contribution in [2.24, 2.45) is 7.05 Å². The molecule has 1 aromatic carbocycles. The molecule has 0 aliphatic rings. The van der Waals surface area contributed by atoms with Crippen molar-refractivity contribution in [1.29, 1.82) is 0 Å². The third kappa shape index (κ3) is 3.24. The molecule has 118 valence electrons. The van der Waals surface area contributed by atoms with E-state index in [4.69, 9.17) is 11.6 Å². The number of hydrogen-bond donors (Lipinski definition) is 0. The van der Waals surface area contributed by atoms with Crippen LogP contribution in [0.3, 0.4) is 0 Å². The largest absolute Gasteiger partial charge is 0.413 e. The Kier molecular flexibility index (Phi) is 4.46. The molecular formula is C14H13ClF3N3O. The van der Waals surface area contributed by atoms with Gasteiger partial charge in [0.15, 0.2) is 6.04 Å². The predicted molar refractivity (Wildman–Crippen MR) is 75.5 cm³/mol. The first kappa shape index (κ1) is 16.4. The van der Waals surface area contributed by atoms with Crippen molar-refractivity contribution in [1.82, 2.24) is 14.7 Å². The lowest BCUT2D eigenvalue weighted by Gasteiger charge is -2.30. The number of carbonyl (C=O) groups excluding carboxylic acids is 1. The van der Waals surface area contributed by atoms with Gasteiger partial charge in [0, 0.05) is 25.3 Å². The molecule has 1 heterocycles. The Morgan fingerprint density at radius 3 is 2.32 bits per heavy atom. The fraction of sp³-hybridized carbons (Fsp3) is 0.286. The van der Waals surface area contributed by atoms with Crippen molar-refractivity contribution in [2.45, 2.75) is 12.2 Å². The highest BCUT2D eigenvalue weighted by molar-refractivity contribution is 6.30. The summed E-state index contributed by atoms with van der Waals surface area (Å²) in [4.78, 5) is 12.9. The monoisotopic (exact) mass is 331 g/mol. The van der Waals surface area contributed by atoms with Gasteiger partial charge in [0.05, 0.1) is 0 Å². The molecule has 2 aromatic rings. The molecule has 1 atom stereocenters. The second-order valence-corrected chi connectivity index (χ2v) is 5.19. The molecule has 0 fully saturated rings. The molecule has 1 unspecified atom stereocenters. The number of carbonyl (C=O) groups is 1. The molecular weight excluding hydrogens is 319 g/mol. The topological polar surface area (TPSA) is 38.1 Å². The molecule has 0 saturated carbocycles. The second kappa shape index (κ2) is 6.00. The molecule has 0 aliphatic carbocycles.